The lowest BCUT2D eigenvalue weighted by Gasteiger charge is -2.34. The second-order valence-corrected chi connectivity index (χ2v) is 8.89. The Labute approximate surface area is 153 Å². The first-order valence-electron chi connectivity index (χ1n) is 7.81. The van der Waals surface area contributed by atoms with Crippen LogP contribution in [0.2, 0.25) is 0 Å². The molecule has 2 aromatic heterocycles. The van der Waals surface area contributed by atoms with Gasteiger partial charge in [-0.25, -0.2) is 8.42 Å². The van der Waals surface area contributed by atoms with E-state index in [2.05, 4.69) is 5.10 Å². The van der Waals surface area contributed by atoms with Gasteiger partial charge in [-0.2, -0.15) is 9.40 Å². The molecule has 0 aromatic carbocycles. The van der Waals surface area contributed by atoms with Crippen LogP contribution < -0.4 is 0 Å². The molecule has 3 rings (SSSR count). The summed E-state index contributed by atoms with van der Waals surface area (Å²) in [7, 11) is -3.53. The average molecular weight is 399 g/mol. The number of thiophene rings is 1. The van der Waals surface area contributed by atoms with Gasteiger partial charge < -0.3 is 4.90 Å². The van der Waals surface area contributed by atoms with Crippen molar-refractivity contribution in [1.82, 2.24) is 19.0 Å². The van der Waals surface area contributed by atoms with Crippen molar-refractivity contribution in [3.05, 3.63) is 40.0 Å². The number of hydrogen-bond donors (Lipinski definition) is 0. The molecule has 1 saturated heterocycles. The van der Waals surface area contributed by atoms with Crippen LogP contribution in [0.3, 0.4) is 0 Å². The maximum Gasteiger partial charge on any atom is 0.307 e. The number of nitrogens with zero attached hydrogens (tertiary/aromatic N) is 5. The van der Waals surface area contributed by atoms with E-state index in [1.54, 1.807) is 29.3 Å². The van der Waals surface area contributed by atoms with Gasteiger partial charge in [0.1, 0.15) is 22.6 Å². The van der Waals surface area contributed by atoms with E-state index in [1.807, 2.05) is 0 Å². The van der Waals surface area contributed by atoms with Crippen molar-refractivity contribution >= 4 is 33.0 Å². The summed E-state index contributed by atoms with van der Waals surface area (Å²) in [4.78, 5) is 24.3. The summed E-state index contributed by atoms with van der Waals surface area (Å²) in [5.41, 5.74) is -0.184. The summed E-state index contributed by atoms with van der Waals surface area (Å²) in [6.07, 6.45) is 2.30. The zero-order valence-corrected chi connectivity index (χ0v) is 15.5. The first-order chi connectivity index (χ1) is 12.3. The lowest BCUT2D eigenvalue weighted by Crippen LogP contribution is -2.51. The Morgan fingerprint density at radius 1 is 1.35 bits per heavy atom. The van der Waals surface area contributed by atoms with Crippen molar-refractivity contribution in [2.24, 2.45) is 0 Å². The molecular weight excluding hydrogens is 382 g/mol. The number of sulfonamides is 1. The molecule has 1 atom stereocenters. The van der Waals surface area contributed by atoms with Gasteiger partial charge in [0, 0.05) is 26.2 Å². The second kappa shape index (κ2) is 7.13. The van der Waals surface area contributed by atoms with E-state index in [4.69, 9.17) is 0 Å². The fraction of sp³-hybridized carbons (Fsp3) is 0.429. The molecule has 1 fully saturated rings. The summed E-state index contributed by atoms with van der Waals surface area (Å²) in [6, 6.07) is 2.54. The maximum atomic E-state index is 12.6. The Morgan fingerprint density at radius 3 is 2.58 bits per heavy atom. The number of aromatic nitrogens is 2. The van der Waals surface area contributed by atoms with Gasteiger partial charge in [-0.3, -0.25) is 19.6 Å². The molecular formula is C14H17N5O5S2. The monoisotopic (exact) mass is 399 g/mol. The van der Waals surface area contributed by atoms with Crippen LogP contribution in [0.1, 0.15) is 13.0 Å². The van der Waals surface area contributed by atoms with Crippen LogP contribution in [-0.4, -0.2) is 64.4 Å². The van der Waals surface area contributed by atoms with Crippen LogP contribution in [0.4, 0.5) is 5.69 Å². The van der Waals surface area contributed by atoms with Crippen LogP contribution in [0, 0.1) is 10.1 Å². The lowest BCUT2D eigenvalue weighted by molar-refractivity contribution is -0.385. The van der Waals surface area contributed by atoms with Gasteiger partial charge in [0.15, 0.2) is 0 Å². The summed E-state index contributed by atoms with van der Waals surface area (Å²) >= 11 is 1.16. The number of piperazine rings is 1. The fourth-order valence-electron chi connectivity index (χ4n) is 2.70. The molecule has 0 N–H and O–H groups in total. The third kappa shape index (κ3) is 3.48. The Hall–Kier alpha value is -2.31. The SMILES string of the molecule is CC(C(=O)N1CCN(S(=O)(=O)c2cccs2)CC1)n1cc([N+](=O)[O-])cn1. The van der Waals surface area contributed by atoms with Crippen molar-refractivity contribution in [2.45, 2.75) is 17.2 Å². The first-order valence-corrected chi connectivity index (χ1v) is 10.1. The van der Waals surface area contributed by atoms with E-state index in [0.717, 1.165) is 17.5 Å². The number of nitro groups is 1. The number of rotatable bonds is 5. The van der Waals surface area contributed by atoms with Crippen molar-refractivity contribution in [2.75, 3.05) is 26.2 Å². The standard InChI is InChI=1S/C14H17N5O5S2/c1-11(18-10-12(9-15-18)19(21)22)14(20)16-4-6-17(7-5-16)26(23,24)13-3-2-8-25-13/h2-3,8-11H,4-7H2,1H3. The van der Waals surface area contributed by atoms with Crippen LogP contribution in [-0.2, 0) is 14.8 Å². The molecule has 12 heteroatoms. The van der Waals surface area contributed by atoms with Gasteiger partial charge in [0.2, 0.25) is 5.91 Å². The van der Waals surface area contributed by atoms with E-state index < -0.39 is 21.0 Å². The van der Waals surface area contributed by atoms with Crippen LogP contribution >= 0.6 is 11.3 Å². The number of carbonyl (C=O) groups excluding carboxylic acids is 1. The highest BCUT2D eigenvalue weighted by molar-refractivity contribution is 7.91. The Kier molecular flexibility index (Phi) is 5.07. The molecule has 10 nitrogen and oxygen atoms in total. The smallest absolute Gasteiger partial charge is 0.307 e. The predicted octanol–water partition coefficient (Wildman–Crippen LogP) is 0.947. The zero-order chi connectivity index (χ0) is 18.9. The van der Waals surface area contributed by atoms with Gasteiger partial charge in [-0.1, -0.05) is 6.07 Å². The summed E-state index contributed by atoms with van der Waals surface area (Å²) in [6.45, 7) is 2.54. The molecule has 1 aliphatic heterocycles. The van der Waals surface area contributed by atoms with Gasteiger partial charge in [0.25, 0.3) is 10.0 Å². The molecule has 0 aliphatic carbocycles. The molecule has 1 aliphatic rings. The van der Waals surface area contributed by atoms with Crippen LogP contribution in [0.25, 0.3) is 0 Å². The van der Waals surface area contributed by atoms with Gasteiger partial charge in [-0.05, 0) is 18.4 Å². The average Bonchev–Trinajstić information content (AvgIpc) is 3.32. The Balaban J connectivity index is 1.64. The minimum atomic E-state index is -3.53. The minimum absolute atomic E-state index is 0.184. The first kappa shape index (κ1) is 18.5. The van der Waals surface area contributed by atoms with Crippen molar-refractivity contribution < 1.29 is 18.1 Å². The van der Waals surface area contributed by atoms with Crippen LogP contribution in [0.5, 0.6) is 0 Å². The highest BCUT2D eigenvalue weighted by Crippen LogP contribution is 2.23. The molecule has 0 saturated carbocycles. The van der Waals surface area contributed by atoms with Crippen molar-refractivity contribution in [3.8, 4) is 0 Å². The largest absolute Gasteiger partial charge is 0.338 e. The zero-order valence-electron chi connectivity index (χ0n) is 13.9. The molecule has 3 heterocycles. The summed E-state index contributed by atoms with van der Waals surface area (Å²) < 4.78 is 27.9. The van der Waals surface area contributed by atoms with E-state index in [9.17, 15) is 23.3 Å². The highest BCUT2D eigenvalue weighted by Gasteiger charge is 2.32. The number of hydrogen-bond acceptors (Lipinski definition) is 7. The molecule has 26 heavy (non-hydrogen) atoms. The van der Waals surface area contributed by atoms with E-state index in [0.29, 0.717) is 0 Å². The summed E-state index contributed by atoms with van der Waals surface area (Å²) in [5.74, 6) is -0.254. The second-order valence-electron chi connectivity index (χ2n) is 5.77. The third-order valence-corrected chi connectivity index (χ3v) is 7.46. The molecule has 2 aromatic rings. The Morgan fingerprint density at radius 2 is 2.04 bits per heavy atom. The van der Waals surface area contributed by atoms with Gasteiger partial charge in [0.05, 0.1) is 4.92 Å². The molecule has 1 amide bonds. The summed E-state index contributed by atoms with van der Waals surface area (Å²) in [5, 5.41) is 16.3. The van der Waals surface area contributed by atoms with E-state index in [-0.39, 0.29) is 42.0 Å². The maximum absolute atomic E-state index is 12.6. The van der Waals surface area contributed by atoms with Crippen molar-refractivity contribution in [3.63, 3.8) is 0 Å². The topological polar surface area (TPSA) is 119 Å². The number of carbonyl (C=O) groups is 1. The highest BCUT2D eigenvalue weighted by atomic mass is 32.2. The minimum Gasteiger partial charge on any atom is -0.338 e. The quantitative estimate of drug-likeness (QED) is 0.545. The molecule has 1 unspecified atom stereocenters. The normalized spacial score (nSPS) is 17.2. The van der Waals surface area contributed by atoms with Crippen LogP contribution in [0.15, 0.2) is 34.1 Å². The lowest BCUT2D eigenvalue weighted by atomic mass is 10.2. The van der Waals surface area contributed by atoms with E-state index >= 15 is 0 Å². The third-order valence-electron chi connectivity index (χ3n) is 4.19. The van der Waals surface area contributed by atoms with Crippen molar-refractivity contribution in [1.29, 1.82) is 0 Å². The van der Waals surface area contributed by atoms with E-state index in [1.165, 1.54) is 15.2 Å². The molecule has 140 valence electrons. The molecule has 0 spiro atoms. The number of amides is 1. The Bertz CT molecular complexity index is 900. The molecule has 0 radical (unpaired) electrons. The molecule has 0 bridgehead atoms. The predicted molar refractivity (Wildman–Crippen MR) is 93.3 cm³/mol. The van der Waals surface area contributed by atoms with Gasteiger partial charge >= 0.3 is 5.69 Å². The van der Waals surface area contributed by atoms with Gasteiger partial charge in [-0.15, -0.1) is 11.3 Å². The fourth-order valence-corrected chi connectivity index (χ4v) is 5.26.